The number of esters is 1. The molecule has 2 aromatic carbocycles. The molecule has 0 bridgehead atoms. The zero-order valence-electron chi connectivity index (χ0n) is 18.8. The molecule has 2 heterocycles. The number of aromatic nitrogens is 2. The van der Waals surface area contributed by atoms with Crippen LogP contribution in [-0.2, 0) is 24.4 Å². The first-order valence-electron chi connectivity index (χ1n) is 10.8. The van der Waals surface area contributed by atoms with E-state index in [0.29, 0.717) is 52.8 Å². The van der Waals surface area contributed by atoms with E-state index in [1.165, 1.54) is 11.3 Å². The van der Waals surface area contributed by atoms with Crippen molar-refractivity contribution in [3.05, 3.63) is 86.0 Å². The molecular weight excluding hydrogens is 491 g/mol. The molecule has 4 rings (SSSR count). The third-order valence-corrected chi connectivity index (χ3v) is 6.78. The smallest absolute Gasteiger partial charge is 0.348 e. The second-order valence-corrected chi connectivity index (χ2v) is 9.53. The van der Waals surface area contributed by atoms with E-state index >= 15 is 0 Å². The number of benzene rings is 2. The van der Waals surface area contributed by atoms with Gasteiger partial charge in [-0.2, -0.15) is 0 Å². The van der Waals surface area contributed by atoms with Crippen LogP contribution in [0.4, 0.5) is 5.82 Å². The average molecular weight is 515 g/mol. The van der Waals surface area contributed by atoms with Crippen LogP contribution in [0.5, 0.6) is 0 Å². The first-order valence-corrected chi connectivity index (χ1v) is 12.4. The van der Waals surface area contributed by atoms with Crippen molar-refractivity contribution in [1.29, 1.82) is 0 Å². The van der Waals surface area contributed by atoms with E-state index in [1.54, 1.807) is 6.92 Å². The Morgan fingerprint density at radius 2 is 1.68 bits per heavy atom. The lowest BCUT2D eigenvalue weighted by Gasteiger charge is -2.11. The number of carbonyl (C=O) groups excluding carboxylic acids is 1. The topological polar surface area (TPSA) is 76.1 Å². The van der Waals surface area contributed by atoms with E-state index in [-0.39, 0.29) is 5.97 Å². The molecule has 9 heteroatoms. The number of aryl methyl sites for hydroxylation is 1. The summed E-state index contributed by atoms with van der Waals surface area (Å²) in [7, 11) is 0. The Morgan fingerprint density at radius 3 is 2.32 bits per heavy atom. The van der Waals surface area contributed by atoms with Crippen LogP contribution in [0.25, 0.3) is 10.2 Å². The number of fused-ring (bicyclic) bond motifs is 1. The van der Waals surface area contributed by atoms with Crippen molar-refractivity contribution in [1.82, 2.24) is 15.3 Å². The summed E-state index contributed by atoms with van der Waals surface area (Å²) in [4.78, 5) is 23.3. The van der Waals surface area contributed by atoms with Crippen LogP contribution in [0.2, 0.25) is 10.0 Å². The number of nitrogens with zero attached hydrogens (tertiary/aromatic N) is 2. The molecule has 0 spiro atoms. The van der Waals surface area contributed by atoms with Gasteiger partial charge in [-0.05, 0) is 54.8 Å². The summed E-state index contributed by atoms with van der Waals surface area (Å²) in [5, 5.41) is 8.98. The predicted octanol–water partition coefficient (Wildman–Crippen LogP) is 6.39. The quantitative estimate of drug-likeness (QED) is 0.252. The molecule has 34 heavy (non-hydrogen) atoms. The van der Waals surface area contributed by atoms with Crippen molar-refractivity contribution in [2.24, 2.45) is 0 Å². The fourth-order valence-corrected chi connectivity index (χ4v) is 5.10. The normalized spacial score (nSPS) is 11.1. The van der Waals surface area contributed by atoms with E-state index < -0.39 is 0 Å². The molecule has 0 saturated heterocycles. The Bertz CT molecular complexity index is 1330. The summed E-state index contributed by atoms with van der Waals surface area (Å²) in [6.07, 6.45) is 0. The molecule has 0 atom stereocenters. The highest BCUT2D eigenvalue weighted by atomic mass is 35.5. The molecule has 0 aliphatic carbocycles. The summed E-state index contributed by atoms with van der Waals surface area (Å²) in [5.41, 5.74) is 2.91. The molecule has 2 aromatic heterocycles. The van der Waals surface area contributed by atoms with E-state index in [9.17, 15) is 4.79 Å². The van der Waals surface area contributed by atoms with Gasteiger partial charge in [-0.15, -0.1) is 11.3 Å². The number of rotatable bonds is 9. The van der Waals surface area contributed by atoms with Crippen molar-refractivity contribution in [2.75, 3.05) is 11.9 Å². The number of anilines is 1. The molecule has 0 saturated carbocycles. The number of hydrogen-bond donors (Lipinski definition) is 2. The maximum absolute atomic E-state index is 12.5. The Balaban J connectivity index is 1.62. The second kappa shape index (κ2) is 11.1. The van der Waals surface area contributed by atoms with Gasteiger partial charge in [0.1, 0.15) is 21.3 Å². The van der Waals surface area contributed by atoms with E-state index in [2.05, 4.69) is 10.6 Å². The highest BCUT2D eigenvalue weighted by Gasteiger charge is 2.21. The number of ether oxygens (including phenoxy) is 1. The molecular formula is C25H24Cl2N4O2S. The van der Waals surface area contributed by atoms with Gasteiger partial charge in [0, 0.05) is 23.1 Å². The summed E-state index contributed by atoms with van der Waals surface area (Å²) in [6.45, 7) is 5.63. The van der Waals surface area contributed by atoms with Crippen LogP contribution in [0.3, 0.4) is 0 Å². The largest absolute Gasteiger partial charge is 0.462 e. The zero-order chi connectivity index (χ0) is 24.1. The minimum absolute atomic E-state index is 0.316. The van der Waals surface area contributed by atoms with E-state index in [4.69, 9.17) is 37.9 Å². The maximum atomic E-state index is 12.5. The van der Waals surface area contributed by atoms with Crippen molar-refractivity contribution >= 4 is 56.5 Å². The Labute approximate surface area is 212 Å². The van der Waals surface area contributed by atoms with Gasteiger partial charge in [0.2, 0.25) is 0 Å². The zero-order valence-corrected chi connectivity index (χ0v) is 21.2. The third-order valence-electron chi connectivity index (χ3n) is 5.15. The van der Waals surface area contributed by atoms with Crippen LogP contribution in [0, 0.1) is 6.92 Å². The van der Waals surface area contributed by atoms with Crippen LogP contribution < -0.4 is 10.6 Å². The lowest BCUT2D eigenvalue weighted by atomic mass is 10.2. The van der Waals surface area contributed by atoms with Crippen molar-refractivity contribution in [3.63, 3.8) is 0 Å². The van der Waals surface area contributed by atoms with Crippen LogP contribution in [0.1, 0.15) is 39.1 Å². The SMILES string of the molecule is CCOC(=O)c1sc2nc(CNCc3cccc(Cl)c3)nc(NCc3cccc(Cl)c3)c2c1C. The fourth-order valence-electron chi connectivity index (χ4n) is 3.58. The van der Waals surface area contributed by atoms with Gasteiger partial charge in [-0.25, -0.2) is 14.8 Å². The standard InChI is InChI=1S/C25H24Cl2N4O2S/c1-3-33-25(32)22-15(2)21-23(29-13-17-7-5-9-19(27)11-17)30-20(31-24(21)34-22)14-28-12-16-6-4-8-18(26)10-16/h4-11,28H,3,12-14H2,1-2H3,(H,29,30,31). The van der Waals surface area contributed by atoms with Gasteiger partial charge >= 0.3 is 5.97 Å². The van der Waals surface area contributed by atoms with Crippen LogP contribution >= 0.6 is 34.5 Å². The average Bonchev–Trinajstić information content (AvgIpc) is 3.14. The van der Waals surface area contributed by atoms with E-state index in [0.717, 1.165) is 26.9 Å². The minimum atomic E-state index is -0.343. The first kappa shape index (κ1) is 24.4. The molecule has 0 aliphatic rings. The summed E-state index contributed by atoms with van der Waals surface area (Å²) in [6, 6.07) is 15.4. The van der Waals surface area contributed by atoms with Gasteiger partial charge in [0.15, 0.2) is 0 Å². The van der Waals surface area contributed by atoms with Crippen LogP contribution in [0.15, 0.2) is 48.5 Å². The molecule has 0 unspecified atom stereocenters. The molecule has 0 aliphatic heterocycles. The highest BCUT2D eigenvalue weighted by Crippen LogP contribution is 2.34. The van der Waals surface area contributed by atoms with Crippen molar-refractivity contribution < 1.29 is 9.53 Å². The molecule has 0 radical (unpaired) electrons. The molecule has 2 N–H and O–H groups in total. The fraction of sp³-hybridized carbons (Fsp3) is 0.240. The lowest BCUT2D eigenvalue weighted by molar-refractivity contribution is 0.0531. The molecule has 6 nitrogen and oxygen atoms in total. The van der Waals surface area contributed by atoms with Crippen molar-refractivity contribution in [2.45, 2.75) is 33.5 Å². The van der Waals surface area contributed by atoms with Gasteiger partial charge in [0.25, 0.3) is 0 Å². The minimum Gasteiger partial charge on any atom is -0.462 e. The summed E-state index contributed by atoms with van der Waals surface area (Å²) >= 11 is 13.5. The van der Waals surface area contributed by atoms with Gasteiger partial charge in [0.05, 0.1) is 18.5 Å². The highest BCUT2D eigenvalue weighted by molar-refractivity contribution is 7.20. The van der Waals surface area contributed by atoms with Gasteiger partial charge in [-0.3, -0.25) is 0 Å². The second-order valence-electron chi connectivity index (χ2n) is 7.66. The number of halogens is 2. The lowest BCUT2D eigenvalue weighted by Crippen LogP contribution is -2.16. The summed E-state index contributed by atoms with van der Waals surface area (Å²) in [5.74, 6) is 0.957. The van der Waals surface area contributed by atoms with E-state index in [1.807, 2.05) is 55.5 Å². The number of hydrogen-bond acceptors (Lipinski definition) is 7. The predicted molar refractivity (Wildman–Crippen MR) is 139 cm³/mol. The Hall–Kier alpha value is -2.71. The molecule has 176 valence electrons. The summed E-state index contributed by atoms with van der Waals surface area (Å²) < 4.78 is 5.24. The number of nitrogens with one attached hydrogen (secondary N) is 2. The Morgan fingerprint density at radius 1 is 1.00 bits per heavy atom. The van der Waals surface area contributed by atoms with Crippen molar-refractivity contribution in [3.8, 4) is 0 Å². The molecule has 0 fully saturated rings. The third kappa shape index (κ3) is 5.85. The Kier molecular flexibility index (Phi) is 8.00. The van der Waals surface area contributed by atoms with Crippen LogP contribution in [-0.4, -0.2) is 22.5 Å². The number of thiophene rings is 1. The number of carbonyl (C=O) groups is 1. The molecule has 0 amide bonds. The monoisotopic (exact) mass is 514 g/mol. The van der Waals surface area contributed by atoms with Gasteiger partial charge in [-0.1, -0.05) is 47.5 Å². The maximum Gasteiger partial charge on any atom is 0.348 e. The van der Waals surface area contributed by atoms with Gasteiger partial charge < -0.3 is 15.4 Å². The first-order chi connectivity index (χ1) is 16.4. The molecule has 4 aromatic rings.